The van der Waals surface area contributed by atoms with E-state index in [1.807, 2.05) is 86.8 Å². The van der Waals surface area contributed by atoms with Gasteiger partial charge in [-0.2, -0.15) is 0 Å². The minimum Gasteiger partial charge on any atom is -0.489 e. The predicted molar refractivity (Wildman–Crippen MR) is 143 cm³/mol. The number of benzene rings is 2. The summed E-state index contributed by atoms with van der Waals surface area (Å²) in [6.07, 6.45) is 8.95. The molecule has 36 heavy (non-hydrogen) atoms. The van der Waals surface area contributed by atoms with Gasteiger partial charge in [-0.05, 0) is 47.9 Å². The van der Waals surface area contributed by atoms with Crippen LogP contribution in [-0.4, -0.2) is 48.4 Å². The number of hydrogen-bond donors (Lipinski definition) is 3. The summed E-state index contributed by atoms with van der Waals surface area (Å²) < 4.78 is 5.86. The van der Waals surface area contributed by atoms with Crippen molar-refractivity contribution in [1.82, 2.24) is 15.5 Å². The molecule has 2 unspecified atom stereocenters. The van der Waals surface area contributed by atoms with Gasteiger partial charge in [-0.3, -0.25) is 9.59 Å². The second kappa shape index (κ2) is 14.1. The van der Waals surface area contributed by atoms with E-state index in [4.69, 9.17) is 10.5 Å². The van der Waals surface area contributed by atoms with Gasteiger partial charge in [-0.15, -0.1) is 0 Å². The summed E-state index contributed by atoms with van der Waals surface area (Å²) in [5, 5.41) is 5.84. The monoisotopic (exact) mass is 490 g/mol. The summed E-state index contributed by atoms with van der Waals surface area (Å²) in [7, 11) is 0. The lowest BCUT2D eigenvalue weighted by atomic mass is 10.0. The van der Waals surface area contributed by atoms with Crippen molar-refractivity contribution in [1.29, 1.82) is 0 Å². The highest BCUT2D eigenvalue weighted by Crippen LogP contribution is 2.16. The van der Waals surface area contributed by atoms with Gasteiger partial charge in [0.15, 0.2) is 0 Å². The highest BCUT2D eigenvalue weighted by molar-refractivity contribution is 5.89. The van der Waals surface area contributed by atoms with Gasteiger partial charge in [-0.1, -0.05) is 68.5 Å². The normalized spacial score (nSPS) is 14.4. The van der Waals surface area contributed by atoms with Crippen molar-refractivity contribution in [2.45, 2.75) is 45.4 Å². The van der Waals surface area contributed by atoms with Crippen molar-refractivity contribution in [3.05, 3.63) is 90.2 Å². The fraction of sp³-hybridized carbons (Fsp3) is 0.379. The average Bonchev–Trinajstić information content (AvgIpc) is 2.88. The first-order valence-electron chi connectivity index (χ1n) is 12.6. The lowest BCUT2D eigenvalue weighted by molar-refractivity contribution is -0.129. The standard InChI is InChI=1S/C29H38N4O3/c1-22(2)19-26(30)28(34)32-27(29(35)31-15-18-33-16-7-4-8-17-33)20-23-11-13-25(14-12-23)36-21-24-9-5-3-6-10-24/h3-14,16,22,26-27H,15,17-21,30H2,1-2H3,(H,31,35)(H,32,34). The molecule has 2 aromatic carbocycles. The van der Waals surface area contributed by atoms with Crippen LogP contribution in [0.3, 0.4) is 0 Å². The molecule has 3 rings (SSSR count). The Hall–Kier alpha value is -3.58. The van der Waals surface area contributed by atoms with Gasteiger partial charge in [0.25, 0.3) is 0 Å². The van der Waals surface area contributed by atoms with Crippen LogP contribution < -0.4 is 21.1 Å². The summed E-state index contributed by atoms with van der Waals surface area (Å²) in [6, 6.07) is 16.2. The molecule has 0 radical (unpaired) electrons. The van der Waals surface area contributed by atoms with E-state index in [0.717, 1.165) is 23.4 Å². The molecule has 0 saturated carbocycles. The van der Waals surface area contributed by atoms with E-state index >= 15 is 0 Å². The molecule has 7 nitrogen and oxygen atoms in total. The minimum atomic E-state index is -0.719. The van der Waals surface area contributed by atoms with Gasteiger partial charge < -0.3 is 26.0 Å². The zero-order valence-electron chi connectivity index (χ0n) is 21.2. The summed E-state index contributed by atoms with van der Waals surface area (Å²) in [5.41, 5.74) is 8.09. The first kappa shape index (κ1) is 27.0. The molecule has 192 valence electrons. The molecule has 1 aliphatic heterocycles. The van der Waals surface area contributed by atoms with Crippen LogP contribution in [0.4, 0.5) is 0 Å². The van der Waals surface area contributed by atoms with E-state index in [-0.39, 0.29) is 17.7 Å². The fourth-order valence-corrected chi connectivity index (χ4v) is 3.92. The molecule has 0 saturated heterocycles. The smallest absolute Gasteiger partial charge is 0.242 e. The number of nitrogens with two attached hydrogens (primary N) is 1. The maximum atomic E-state index is 13.1. The van der Waals surface area contributed by atoms with Gasteiger partial charge in [0.1, 0.15) is 18.4 Å². The zero-order chi connectivity index (χ0) is 25.8. The number of carbonyl (C=O) groups excluding carboxylic acids is 2. The summed E-state index contributed by atoms with van der Waals surface area (Å²) in [5.74, 6) is 0.500. The molecule has 4 N–H and O–H groups in total. The van der Waals surface area contributed by atoms with E-state index in [9.17, 15) is 9.59 Å². The number of carbonyl (C=O) groups is 2. The van der Waals surface area contributed by atoms with Gasteiger partial charge in [0, 0.05) is 26.1 Å². The molecule has 1 aliphatic rings. The van der Waals surface area contributed by atoms with Crippen LogP contribution >= 0.6 is 0 Å². The number of allylic oxidation sites excluding steroid dienone is 2. The van der Waals surface area contributed by atoms with E-state index in [1.165, 1.54) is 0 Å². The van der Waals surface area contributed by atoms with Gasteiger partial charge in [0.05, 0.1) is 6.04 Å². The number of hydrogen-bond acceptors (Lipinski definition) is 5. The van der Waals surface area contributed by atoms with Crippen LogP contribution in [0.1, 0.15) is 31.4 Å². The van der Waals surface area contributed by atoms with Crippen LogP contribution in [0.5, 0.6) is 5.75 Å². The molecular formula is C29H38N4O3. The quantitative estimate of drug-likeness (QED) is 0.401. The Morgan fingerprint density at radius 2 is 1.75 bits per heavy atom. The molecular weight excluding hydrogens is 452 g/mol. The third-order valence-electron chi connectivity index (χ3n) is 5.89. The Kier molecular flexibility index (Phi) is 10.6. The zero-order valence-corrected chi connectivity index (χ0v) is 21.2. The van der Waals surface area contributed by atoms with Crippen LogP contribution in [0.25, 0.3) is 0 Å². The Bertz CT molecular complexity index is 1020. The third-order valence-corrected chi connectivity index (χ3v) is 5.89. The molecule has 7 heteroatoms. The van der Waals surface area contributed by atoms with E-state index in [0.29, 0.717) is 32.5 Å². The second-order valence-electron chi connectivity index (χ2n) is 9.48. The van der Waals surface area contributed by atoms with E-state index < -0.39 is 12.1 Å². The highest BCUT2D eigenvalue weighted by Gasteiger charge is 2.24. The van der Waals surface area contributed by atoms with Crippen molar-refractivity contribution >= 4 is 11.8 Å². The largest absolute Gasteiger partial charge is 0.489 e. The van der Waals surface area contributed by atoms with Gasteiger partial charge >= 0.3 is 0 Å². The highest BCUT2D eigenvalue weighted by atomic mass is 16.5. The van der Waals surface area contributed by atoms with Crippen molar-refractivity contribution in [3.63, 3.8) is 0 Å². The predicted octanol–water partition coefficient (Wildman–Crippen LogP) is 3.17. The third kappa shape index (κ3) is 9.23. The van der Waals surface area contributed by atoms with Crippen LogP contribution in [-0.2, 0) is 22.6 Å². The van der Waals surface area contributed by atoms with Gasteiger partial charge in [0.2, 0.25) is 11.8 Å². The Morgan fingerprint density at radius 1 is 1.00 bits per heavy atom. The molecule has 1 heterocycles. The number of ether oxygens (including phenoxy) is 1. The Balaban J connectivity index is 1.59. The van der Waals surface area contributed by atoms with E-state index in [1.54, 1.807) is 0 Å². The molecule has 0 spiro atoms. The van der Waals surface area contributed by atoms with Crippen molar-refractivity contribution < 1.29 is 14.3 Å². The topological polar surface area (TPSA) is 96.7 Å². The number of rotatable bonds is 13. The second-order valence-corrected chi connectivity index (χ2v) is 9.48. The molecule has 0 fully saturated rings. The van der Waals surface area contributed by atoms with Crippen LogP contribution in [0.15, 0.2) is 79.0 Å². The lowest BCUT2D eigenvalue weighted by Crippen LogP contribution is -2.53. The van der Waals surface area contributed by atoms with Crippen LogP contribution in [0, 0.1) is 5.92 Å². The summed E-state index contributed by atoms with van der Waals surface area (Å²) >= 11 is 0. The lowest BCUT2D eigenvalue weighted by Gasteiger charge is -2.23. The molecule has 0 bridgehead atoms. The Morgan fingerprint density at radius 3 is 2.42 bits per heavy atom. The first-order valence-corrected chi connectivity index (χ1v) is 12.6. The molecule has 2 aromatic rings. The van der Waals surface area contributed by atoms with Gasteiger partial charge in [-0.25, -0.2) is 0 Å². The molecule has 0 aliphatic carbocycles. The first-order chi connectivity index (χ1) is 17.4. The summed E-state index contributed by atoms with van der Waals surface area (Å²) in [4.78, 5) is 27.9. The number of amides is 2. The summed E-state index contributed by atoms with van der Waals surface area (Å²) in [6.45, 7) is 6.50. The molecule has 0 aromatic heterocycles. The van der Waals surface area contributed by atoms with Crippen LogP contribution in [0.2, 0.25) is 0 Å². The van der Waals surface area contributed by atoms with Crippen molar-refractivity contribution in [3.8, 4) is 5.75 Å². The van der Waals surface area contributed by atoms with Crippen molar-refractivity contribution in [2.24, 2.45) is 11.7 Å². The Labute approximate surface area is 214 Å². The number of nitrogens with zero attached hydrogens (tertiary/aromatic N) is 1. The average molecular weight is 491 g/mol. The SMILES string of the molecule is CC(C)CC(N)C(=O)NC(Cc1ccc(OCc2ccccc2)cc1)C(=O)NCCN1C=CC=CC1. The number of nitrogens with one attached hydrogen (secondary N) is 2. The fourth-order valence-electron chi connectivity index (χ4n) is 3.92. The maximum absolute atomic E-state index is 13.1. The van der Waals surface area contributed by atoms with Crippen molar-refractivity contribution in [2.75, 3.05) is 19.6 Å². The van der Waals surface area contributed by atoms with E-state index in [2.05, 4.69) is 21.6 Å². The molecule has 2 amide bonds. The minimum absolute atomic E-state index is 0.221. The maximum Gasteiger partial charge on any atom is 0.242 e. The molecule has 2 atom stereocenters.